The summed E-state index contributed by atoms with van der Waals surface area (Å²) < 4.78 is 0. The molecule has 1 unspecified atom stereocenters. The van der Waals surface area contributed by atoms with Crippen LogP contribution in [-0.2, 0) is 0 Å². The first kappa shape index (κ1) is 21.2. The molecule has 0 aromatic heterocycles. The zero-order valence-corrected chi connectivity index (χ0v) is 14.9. The molecule has 1 aliphatic rings. The van der Waals surface area contributed by atoms with Gasteiger partial charge in [-0.25, -0.2) is 0 Å². The van der Waals surface area contributed by atoms with Gasteiger partial charge in [0.2, 0.25) is 0 Å². The van der Waals surface area contributed by atoms with Crippen molar-refractivity contribution < 1.29 is 0 Å². The first-order chi connectivity index (χ1) is 9.60. The van der Waals surface area contributed by atoms with Crippen molar-refractivity contribution in [1.82, 2.24) is 0 Å². The van der Waals surface area contributed by atoms with Crippen LogP contribution in [0.2, 0.25) is 0 Å². The Morgan fingerprint density at radius 2 is 1.70 bits per heavy atom. The number of hydrogen-bond donors (Lipinski definition) is 1. The summed E-state index contributed by atoms with van der Waals surface area (Å²) in [4.78, 5) is 0. The summed E-state index contributed by atoms with van der Waals surface area (Å²) in [6.07, 6.45) is 9.64. The summed E-state index contributed by atoms with van der Waals surface area (Å²) in [6, 6.07) is 0. The number of hydrogen-bond acceptors (Lipinski definition) is 1. The van der Waals surface area contributed by atoms with Crippen molar-refractivity contribution in [3.05, 3.63) is 34.9 Å². The van der Waals surface area contributed by atoms with Gasteiger partial charge < -0.3 is 5.41 Å². The lowest BCUT2D eigenvalue weighted by molar-refractivity contribution is 0.921. The summed E-state index contributed by atoms with van der Waals surface area (Å²) >= 11 is 0. The molecular weight excluding hydrogens is 242 g/mol. The quantitative estimate of drug-likeness (QED) is 0.552. The number of nitrogens with one attached hydrogen (secondary N) is 1. The molecule has 0 spiro atoms. The van der Waals surface area contributed by atoms with Gasteiger partial charge in [-0.1, -0.05) is 72.3 Å². The van der Waals surface area contributed by atoms with Crippen LogP contribution >= 0.6 is 0 Å². The molecular formula is C19H35N. The van der Waals surface area contributed by atoms with Crippen molar-refractivity contribution >= 4 is 5.71 Å². The van der Waals surface area contributed by atoms with Crippen molar-refractivity contribution in [3.8, 4) is 0 Å². The first-order valence-corrected chi connectivity index (χ1v) is 8.25. The number of allylic oxidation sites excluding steroid dienone is 6. The van der Waals surface area contributed by atoms with Gasteiger partial charge in [0, 0.05) is 12.1 Å². The maximum Gasteiger partial charge on any atom is 0.0426 e. The fourth-order valence-electron chi connectivity index (χ4n) is 2.24. The first-order valence-electron chi connectivity index (χ1n) is 8.25. The standard InChI is InChI=1S/C15H23N.2C2H6/c1-5-7-8-11(3)9-14-13(6-2)12(4)10-15(14)16;2*1-2/h7-9,11,16H,5-6,10H2,1-4H3;2*1-2H3/b8-7-,14-9-,16-15?;;. The molecule has 1 atom stereocenters. The molecule has 1 N–H and O–H groups in total. The summed E-state index contributed by atoms with van der Waals surface area (Å²) in [5.41, 5.74) is 4.76. The lowest BCUT2D eigenvalue weighted by Crippen LogP contribution is -1.98. The van der Waals surface area contributed by atoms with Crippen LogP contribution in [0.5, 0.6) is 0 Å². The van der Waals surface area contributed by atoms with E-state index in [-0.39, 0.29) is 0 Å². The van der Waals surface area contributed by atoms with Crippen molar-refractivity contribution in [2.75, 3.05) is 0 Å². The van der Waals surface area contributed by atoms with E-state index in [4.69, 9.17) is 5.41 Å². The van der Waals surface area contributed by atoms with Crippen LogP contribution in [0.4, 0.5) is 0 Å². The van der Waals surface area contributed by atoms with Crippen molar-refractivity contribution in [3.63, 3.8) is 0 Å². The van der Waals surface area contributed by atoms with Crippen LogP contribution in [0.15, 0.2) is 34.9 Å². The van der Waals surface area contributed by atoms with Crippen LogP contribution in [0, 0.1) is 11.3 Å². The molecule has 0 aromatic carbocycles. The smallest absolute Gasteiger partial charge is 0.0426 e. The normalized spacial score (nSPS) is 17.8. The number of rotatable bonds is 4. The molecule has 0 aromatic rings. The van der Waals surface area contributed by atoms with Gasteiger partial charge in [-0.2, -0.15) is 0 Å². The lowest BCUT2D eigenvalue weighted by Gasteiger charge is -2.06. The highest BCUT2D eigenvalue weighted by molar-refractivity contribution is 6.06. The molecule has 0 saturated heterocycles. The fourth-order valence-corrected chi connectivity index (χ4v) is 2.24. The van der Waals surface area contributed by atoms with Gasteiger partial charge >= 0.3 is 0 Å². The van der Waals surface area contributed by atoms with E-state index in [0.29, 0.717) is 5.92 Å². The summed E-state index contributed by atoms with van der Waals surface area (Å²) in [7, 11) is 0. The fraction of sp³-hybridized carbons (Fsp3) is 0.632. The highest BCUT2D eigenvalue weighted by atomic mass is 14.5. The van der Waals surface area contributed by atoms with E-state index in [1.165, 1.54) is 16.7 Å². The van der Waals surface area contributed by atoms with Gasteiger partial charge in [0.1, 0.15) is 0 Å². The Hall–Kier alpha value is -1.11. The Bertz CT molecular complexity index is 356. The Labute approximate surface area is 127 Å². The van der Waals surface area contributed by atoms with E-state index in [9.17, 15) is 0 Å². The zero-order valence-electron chi connectivity index (χ0n) is 14.9. The highest BCUT2D eigenvalue weighted by Crippen LogP contribution is 2.31. The molecule has 0 radical (unpaired) electrons. The van der Waals surface area contributed by atoms with Gasteiger partial charge in [0.25, 0.3) is 0 Å². The minimum absolute atomic E-state index is 0.433. The summed E-state index contributed by atoms with van der Waals surface area (Å²) in [5.74, 6) is 0.433. The van der Waals surface area contributed by atoms with Gasteiger partial charge in [0.05, 0.1) is 0 Å². The van der Waals surface area contributed by atoms with Gasteiger partial charge in [-0.05, 0) is 36.8 Å². The zero-order chi connectivity index (χ0) is 16.1. The molecule has 1 heteroatoms. The maximum absolute atomic E-state index is 8.01. The van der Waals surface area contributed by atoms with Crippen LogP contribution in [0.3, 0.4) is 0 Å². The second-order valence-electron chi connectivity index (χ2n) is 4.54. The molecule has 0 bridgehead atoms. The van der Waals surface area contributed by atoms with Crippen molar-refractivity contribution in [1.29, 1.82) is 5.41 Å². The molecule has 0 amide bonds. The minimum atomic E-state index is 0.433. The molecule has 116 valence electrons. The SMILES string of the molecule is CC.CC.CC/C=C\C(C)/C=C1\C(=N)CC(C)=C1CC. The second kappa shape index (κ2) is 12.9. The molecule has 0 saturated carbocycles. The van der Waals surface area contributed by atoms with Crippen LogP contribution in [0.1, 0.15) is 74.7 Å². The summed E-state index contributed by atoms with van der Waals surface area (Å²) in [6.45, 7) is 16.7. The summed E-state index contributed by atoms with van der Waals surface area (Å²) in [5, 5.41) is 8.01. The van der Waals surface area contributed by atoms with Crippen molar-refractivity contribution in [2.45, 2.75) is 74.7 Å². The van der Waals surface area contributed by atoms with Gasteiger partial charge in [-0.15, -0.1) is 0 Å². The molecule has 0 heterocycles. The topological polar surface area (TPSA) is 23.9 Å². The van der Waals surface area contributed by atoms with Crippen LogP contribution in [-0.4, -0.2) is 5.71 Å². The van der Waals surface area contributed by atoms with Crippen LogP contribution in [0.25, 0.3) is 0 Å². The van der Waals surface area contributed by atoms with E-state index in [1.54, 1.807) is 0 Å². The third-order valence-corrected chi connectivity index (χ3v) is 3.07. The lowest BCUT2D eigenvalue weighted by atomic mass is 9.99. The average Bonchev–Trinajstić information content (AvgIpc) is 2.74. The second-order valence-corrected chi connectivity index (χ2v) is 4.54. The van der Waals surface area contributed by atoms with E-state index in [0.717, 1.165) is 25.0 Å². The minimum Gasteiger partial charge on any atom is -0.304 e. The predicted molar refractivity (Wildman–Crippen MR) is 94.7 cm³/mol. The third kappa shape index (κ3) is 6.88. The Balaban J connectivity index is 0. The Kier molecular flexibility index (Phi) is 13.7. The molecule has 1 aliphatic carbocycles. The molecule has 1 rings (SSSR count). The van der Waals surface area contributed by atoms with Crippen molar-refractivity contribution in [2.24, 2.45) is 5.92 Å². The molecule has 0 aliphatic heterocycles. The molecule has 20 heavy (non-hydrogen) atoms. The third-order valence-electron chi connectivity index (χ3n) is 3.07. The largest absolute Gasteiger partial charge is 0.304 e. The Morgan fingerprint density at radius 1 is 1.15 bits per heavy atom. The molecule has 1 nitrogen and oxygen atoms in total. The molecule has 0 fully saturated rings. The predicted octanol–water partition coefficient (Wildman–Crippen LogP) is 6.72. The Morgan fingerprint density at radius 3 is 2.15 bits per heavy atom. The monoisotopic (exact) mass is 277 g/mol. The maximum atomic E-state index is 8.01. The van der Waals surface area contributed by atoms with Gasteiger partial charge in [0.15, 0.2) is 0 Å². The van der Waals surface area contributed by atoms with Crippen LogP contribution < -0.4 is 0 Å². The average molecular weight is 277 g/mol. The highest BCUT2D eigenvalue weighted by Gasteiger charge is 2.20. The van der Waals surface area contributed by atoms with E-state index in [1.807, 2.05) is 27.7 Å². The van der Waals surface area contributed by atoms with E-state index in [2.05, 4.69) is 45.9 Å². The van der Waals surface area contributed by atoms with E-state index < -0.39 is 0 Å². The van der Waals surface area contributed by atoms with Gasteiger partial charge in [-0.3, -0.25) is 0 Å². The van der Waals surface area contributed by atoms with E-state index >= 15 is 0 Å².